The van der Waals surface area contributed by atoms with E-state index in [1.165, 1.54) is 5.56 Å². The van der Waals surface area contributed by atoms with Crippen LogP contribution in [0.5, 0.6) is 63.2 Å². The van der Waals surface area contributed by atoms with E-state index in [-0.39, 0.29) is 5.75 Å². The molecule has 6 rings (SSSR count). The highest BCUT2D eigenvalue weighted by atomic mass is 16.5. The van der Waals surface area contributed by atoms with Gasteiger partial charge in [0, 0.05) is 0 Å². The van der Waals surface area contributed by atoms with E-state index in [1.54, 1.807) is 24.3 Å². The number of hydrogen-bond acceptors (Lipinski definition) is 6. The van der Waals surface area contributed by atoms with E-state index >= 15 is 0 Å². The zero-order chi connectivity index (χ0) is 29.4. The normalized spacial score (nSPS) is 10.5. The van der Waals surface area contributed by atoms with Crippen LogP contribution in [-0.4, -0.2) is 5.11 Å². The zero-order valence-corrected chi connectivity index (χ0v) is 23.3. The molecule has 0 saturated heterocycles. The van der Waals surface area contributed by atoms with Gasteiger partial charge >= 0.3 is 0 Å². The number of aromatic hydroxyl groups is 1. The second-order valence-corrected chi connectivity index (χ2v) is 9.70. The molecule has 0 radical (unpaired) electrons. The van der Waals surface area contributed by atoms with Gasteiger partial charge in [-0.25, -0.2) is 0 Å². The Morgan fingerprint density at radius 1 is 0.279 bits per heavy atom. The molecule has 0 aliphatic rings. The molecule has 6 aromatic rings. The van der Waals surface area contributed by atoms with Crippen molar-refractivity contribution in [3.8, 4) is 63.2 Å². The van der Waals surface area contributed by atoms with Crippen LogP contribution in [0, 0.1) is 6.92 Å². The highest BCUT2D eigenvalue weighted by Crippen LogP contribution is 2.32. The van der Waals surface area contributed by atoms with Crippen LogP contribution >= 0.6 is 0 Å². The molecule has 6 aromatic carbocycles. The lowest BCUT2D eigenvalue weighted by Gasteiger charge is -2.11. The smallest absolute Gasteiger partial charge is 0.127 e. The number of ether oxygens (including phenoxy) is 5. The summed E-state index contributed by atoms with van der Waals surface area (Å²) in [6.07, 6.45) is 0. The molecular weight excluding hydrogens is 540 g/mol. The van der Waals surface area contributed by atoms with E-state index < -0.39 is 0 Å². The van der Waals surface area contributed by atoms with E-state index in [0.29, 0.717) is 46.0 Å². The van der Waals surface area contributed by atoms with Crippen LogP contribution in [0.4, 0.5) is 0 Å². The minimum Gasteiger partial charge on any atom is -0.508 e. The number of aryl methyl sites for hydroxylation is 1. The van der Waals surface area contributed by atoms with E-state index in [2.05, 4.69) is 0 Å². The highest BCUT2D eigenvalue weighted by Gasteiger charge is 2.05. The zero-order valence-electron chi connectivity index (χ0n) is 23.3. The van der Waals surface area contributed by atoms with Crippen molar-refractivity contribution in [1.82, 2.24) is 0 Å². The Hall–Kier alpha value is -5.88. The predicted molar refractivity (Wildman–Crippen MR) is 165 cm³/mol. The lowest BCUT2D eigenvalue weighted by Crippen LogP contribution is -1.88. The van der Waals surface area contributed by atoms with Gasteiger partial charge in [0.15, 0.2) is 0 Å². The van der Waals surface area contributed by atoms with Crippen LogP contribution in [0.15, 0.2) is 146 Å². The van der Waals surface area contributed by atoms with E-state index in [0.717, 1.165) is 11.5 Å². The fraction of sp³-hybridized carbons (Fsp3) is 0.0270. The van der Waals surface area contributed by atoms with Gasteiger partial charge in [-0.15, -0.1) is 0 Å². The molecule has 0 heterocycles. The first-order valence-corrected chi connectivity index (χ1v) is 13.7. The molecule has 0 bridgehead atoms. The molecule has 0 aliphatic carbocycles. The number of phenolic OH excluding ortho intramolecular Hbond substituents is 1. The molecule has 6 heteroatoms. The Labute approximate surface area is 249 Å². The predicted octanol–water partition coefficient (Wildman–Crippen LogP) is 10.7. The maximum atomic E-state index is 9.40. The van der Waals surface area contributed by atoms with Crippen LogP contribution in [0.2, 0.25) is 0 Å². The molecule has 0 aliphatic heterocycles. The molecule has 0 amide bonds. The van der Waals surface area contributed by atoms with Crippen molar-refractivity contribution in [3.05, 3.63) is 151 Å². The summed E-state index contributed by atoms with van der Waals surface area (Å²) in [7, 11) is 0. The third kappa shape index (κ3) is 7.65. The largest absolute Gasteiger partial charge is 0.508 e. The highest BCUT2D eigenvalue weighted by molar-refractivity contribution is 5.43. The van der Waals surface area contributed by atoms with Gasteiger partial charge in [-0.3, -0.25) is 0 Å². The number of rotatable bonds is 10. The third-order valence-electron chi connectivity index (χ3n) is 6.33. The Morgan fingerprint density at radius 3 is 0.651 bits per heavy atom. The summed E-state index contributed by atoms with van der Waals surface area (Å²) >= 11 is 0. The maximum Gasteiger partial charge on any atom is 0.127 e. The molecule has 0 atom stereocenters. The number of hydrogen-bond donors (Lipinski definition) is 1. The monoisotopic (exact) mass is 568 g/mol. The summed E-state index contributed by atoms with van der Waals surface area (Å²) in [4.78, 5) is 0. The molecular formula is C37H28O6. The third-order valence-corrected chi connectivity index (χ3v) is 6.33. The standard InChI is InChI=1S/C37H28O6/c1-26-2-6-28(7-3-26)39-30-10-14-32(15-11-30)41-34-18-22-36(23-19-34)43-37-24-20-35(21-25-37)42-33-16-12-31(13-17-33)40-29-8-4-27(38)5-9-29/h2-25,38H,1H3. The van der Waals surface area contributed by atoms with Gasteiger partial charge in [-0.2, -0.15) is 0 Å². The Balaban J connectivity index is 0.988. The summed E-state index contributed by atoms with van der Waals surface area (Å²) < 4.78 is 29.6. The van der Waals surface area contributed by atoms with Gasteiger partial charge in [0.2, 0.25) is 0 Å². The summed E-state index contributed by atoms with van der Waals surface area (Å²) in [5.41, 5.74) is 1.19. The van der Waals surface area contributed by atoms with Gasteiger partial charge in [-0.05, 0) is 140 Å². The summed E-state index contributed by atoms with van der Waals surface area (Å²) in [5, 5.41) is 9.40. The quantitative estimate of drug-likeness (QED) is 0.177. The van der Waals surface area contributed by atoms with E-state index in [1.807, 2.05) is 128 Å². The van der Waals surface area contributed by atoms with Crippen molar-refractivity contribution in [3.63, 3.8) is 0 Å². The van der Waals surface area contributed by atoms with Crippen LogP contribution in [0.3, 0.4) is 0 Å². The minimum atomic E-state index is 0.194. The van der Waals surface area contributed by atoms with Crippen LogP contribution in [0.1, 0.15) is 5.56 Å². The first-order valence-electron chi connectivity index (χ1n) is 13.7. The van der Waals surface area contributed by atoms with Crippen molar-refractivity contribution >= 4 is 0 Å². The topological polar surface area (TPSA) is 66.4 Å². The van der Waals surface area contributed by atoms with Crippen LogP contribution in [0.25, 0.3) is 0 Å². The molecule has 0 aromatic heterocycles. The molecule has 43 heavy (non-hydrogen) atoms. The van der Waals surface area contributed by atoms with Crippen molar-refractivity contribution < 1.29 is 28.8 Å². The lowest BCUT2D eigenvalue weighted by molar-refractivity contribution is 0.458. The van der Waals surface area contributed by atoms with Gasteiger partial charge in [0.25, 0.3) is 0 Å². The fourth-order valence-electron chi connectivity index (χ4n) is 4.10. The molecule has 0 fully saturated rings. The van der Waals surface area contributed by atoms with Gasteiger partial charge < -0.3 is 28.8 Å². The Kier molecular flexibility index (Phi) is 8.09. The van der Waals surface area contributed by atoms with Gasteiger partial charge in [0.1, 0.15) is 63.2 Å². The number of benzene rings is 6. The van der Waals surface area contributed by atoms with Crippen molar-refractivity contribution in [2.24, 2.45) is 0 Å². The minimum absolute atomic E-state index is 0.194. The van der Waals surface area contributed by atoms with E-state index in [9.17, 15) is 5.11 Å². The molecule has 0 saturated carbocycles. The van der Waals surface area contributed by atoms with Gasteiger partial charge in [0.05, 0.1) is 0 Å². The summed E-state index contributed by atoms with van der Waals surface area (Å²) in [5.74, 6) is 7.16. The van der Waals surface area contributed by atoms with Crippen LogP contribution in [-0.2, 0) is 0 Å². The van der Waals surface area contributed by atoms with E-state index in [4.69, 9.17) is 23.7 Å². The van der Waals surface area contributed by atoms with Crippen molar-refractivity contribution in [1.29, 1.82) is 0 Å². The summed E-state index contributed by atoms with van der Waals surface area (Å²) in [6.45, 7) is 2.04. The molecule has 0 spiro atoms. The molecule has 0 unspecified atom stereocenters. The first kappa shape index (κ1) is 27.3. The maximum absolute atomic E-state index is 9.40. The fourth-order valence-corrected chi connectivity index (χ4v) is 4.10. The number of phenols is 1. The lowest BCUT2D eigenvalue weighted by atomic mass is 10.2. The second-order valence-electron chi connectivity index (χ2n) is 9.70. The van der Waals surface area contributed by atoms with Gasteiger partial charge in [-0.1, -0.05) is 17.7 Å². The molecule has 6 nitrogen and oxygen atoms in total. The summed E-state index contributed by atoms with van der Waals surface area (Å²) in [6, 6.07) is 44.1. The average molecular weight is 569 g/mol. The first-order chi connectivity index (χ1) is 21.0. The second kappa shape index (κ2) is 12.7. The van der Waals surface area contributed by atoms with Crippen LogP contribution < -0.4 is 23.7 Å². The van der Waals surface area contributed by atoms with Crippen molar-refractivity contribution in [2.45, 2.75) is 6.92 Å². The molecule has 1 N–H and O–H groups in total. The average Bonchev–Trinajstić information content (AvgIpc) is 3.03. The van der Waals surface area contributed by atoms with Crippen molar-refractivity contribution in [2.75, 3.05) is 0 Å². The Bertz CT molecular complexity index is 1610. The molecule has 212 valence electrons. The SMILES string of the molecule is Cc1ccc(Oc2ccc(Oc3ccc(Oc4ccc(Oc5ccc(Oc6ccc(O)cc6)cc5)cc4)cc3)cc2)cc1. The Morgan fingerprint density at radius 2 is 0.442 bits per heavy atom.